The molecule has 7 nitrogen and oxygen atoms in total. The van der Waals surface area contributed by atoms with Crippen molar-refractivity contribution < 1.29 is 9.59 Å². The molecule has 0 aliphatic carbocycles. The van der Waals surface area contributed by atoms with Gasteiger partial charge in [0, 0.05) is 23.3 Å². The molecule has 0 saturated carbocycles. The van der Waals surface area contributed by atoms with Crippen molar-refractivity contribution >= 4 is 46.9 Å². The molecule has 0 spiro atoms. The molecule has 170 valence electrons. The Labute approximate surface area is 201 Å². The molecule has 3 aromatic rings. The van der Waals surface area contributed by atoms with Crippen molar-refractivity contribution in [3.8, 4) is 0 Å². The van der Waals surface area contributed by atoms with Gasteiger partial charge in [-0.2, -0.15) is 0 Å². The molecular formula is C24H24ClN5O2S. The van der Waals surface area contributed by atoms with Gasteiger partial charge in [-0.25, -0.2) is 0 Å². The van der Waals surface area contributed by atoms with Gasteiger partial charge in [-0.1, -0.05) is 59.8 Å². The Morgan fingerprint density at radius 2 is 2.00 bits per heavy atom. The number of amides is 2. The van der Waals surface area contributed by atoms with Crippen LogP contribution >= 0.6 is 23.4 Å². The lowest BCUT2D eigenvalue weighted by Gasteiger charge is -2.09. The number of carbonyl (C=O) groups excluding carboxylic acids is 2. The summed E-state index contributed by atoms with van der Waals surface area (Å²) in [5.74, 6) is 0.319. The highest BCUT2D eigenvalue weighted by molar-refractivity contribution is 7.99. The van der Waals surface area contributed by atoms with Gasteiger partial charge in [-0.15, -0.1) is 16.8 Å². The lowest BCUT2D eigenvalue weighted by atomic mass is 10.2. The summed E-state index contributed by atoms with van der Waals surface area (Å²) in [7, 11) is 0. The number of hydrogen-bond donors (Lipinski definition) is 2. The molecule has 2 N–H and O–H groups in total. The van der Waals surface area contributed by atoms with Crippen LogP contribution in [0, 0.1) is 6.92 Å². The zero-order valence-corrected chi connectivity index (χ0v) is 19.7. The third-order valence-electron chi connectivity index (χ3n) is 4.48. The average Bonchev–Trinajstić information content (AvgIpc) is 3.17. The topological polar surface area (TPSA) is 88.9 Å². The highest BCUT2D eigenvalue weighted by atomic mass is 35.5. The van der Waals surface area contributed by atoms with Crippen LogP contribution in [0.15, 0.2) is 72.4 Å². The van der Waals surface area contributed by atoms with Crippen molar-refractivity contribution in [2.24, 2.45) is 0 Å². The van der Waals surface area contributed by atoms with E-state index in [0.29, 0.717) is 22.5 Å². The van der Waals surface area contributed by atoms with Crippen LogP contribution in [0.25, 0.3) is 6.08 Å². The number of halogens is 1. The van der Waals surface area contributed by atoms with Gasteiger partial charge < -0.3 is 15.2 Å². The van der Waals surface area contributed by atoms with Gasteiger partial charge in [0.15, 0.2) is 11.0 Å². The van der Waals surface area contributed by atoms with Crippen LogP contribution in [0.4, 0.5) is 5.69 Å². The second-order valence-corrected chi connectivity index (χ2v) is 8.43. The monoisotopic (exact) mass is 481 g/mol. The zero-order valence-electron chi connectivity index (χ0n) is 18.1. The summed E-state index contributed by atoms with van der Waals surface area (Å²) in [5, 5.41) is 15.1. The number of nitrogens with one attached hydrogen (secondary N) is 2. The second kappa shape index (κ2) is 12.0. The van der Waals surface area contributed by atoms with Gasteiger partial charge in [0.1, 0.15) is 0 Å². The van der Waals surface area contributed by atoms with Gasteiger partial charge >= 0.3 is 0 Å². The van der Waals surface area contributed by atoms with Crippen LogP contribution in [-0.2, 0) is 22.7 Å². The Hall–Kier alpha value is -3.36. The van der Waals surface area contributed by atoms with Crippen molar-refractivity contribution in [2.45, 2.75) is 25.2 Å². The van der Waals surface area contributed by atoms with E-state index in [-0.39, 0.29) is 24.1 Å². The SMILES string of the molecule is C=CCn1c(CNC(=O)/C=C/c2ccccc2Cl)nnc1SCC(=O)Nc1cccc(C)c1. The first-order valence-electron chi connectivity index (χ1n) is 10.2. The zero-order chi connectivity index (χ0) is 23.6. The summed E-state index contributed by atoms with van der Waals surface area (Å²) in [5.41, 5.74) is 2.58. The number of rotatable bonds is 10. The Kier molecular flexibility index (Phi) is 8.86. The van der Waals surface area contributed by atoms with Crippen molar-refractivity contribution in [2.75, 3.05) is 11.1 Å². The fraction of sp³-hybridized carbons (Fsp3) is 0.167. The quantitative estimate of drug-likeness (QED) is 0.253. The maximum absolute atomic E-state index is 12.3. The summed E-state index contributed by atoms with van der Waals surface area (Å²) < 4.78 is 1.82. The number of aromatic nitrogens is 3. The number of hydrogen-bond acceptors (Lipinski definition) is 5. The number of carbonyl (C=O) groups is 2. The smallest absolute Gasteiger partial charge is 0.244 e. The summed E-state index contributed by atoms with van der Waals surface area (Å²) >= 11 is 7.37. The van der Waals surface area contributed by atoms with E-state index in [9.17, 15) is 9.59 Å². The maximum atomic E-state index is 12.3. The number of aryl methyl sites for hydroxylation is 1. The molecule has 0 fully saturated rings. The molecule has 0 bridgehead atoms. The molecule has 1 heterocycles. The first-order valence-corrected chi connectivity index (χ1v) is 11.6. The van der Waals surface area contributed by atoms with E-state index in [0.717, 1.165) is 16.8 Å². The van der Waals surface area contributed by atoms with Crippen LogP contribution in [0.3, 0.4) is 0 Å². The van der Waals surface area contributed by atoms with E-state index < -0.39 is 0 Å². The third kappa shape index (κ3) is 7.34. The lowest BCUT2D eigenvalue weighted by Crippen LogP contribution is -2.23. The summed E-state index contributed by atoms with van der Waals surface area (Å²) in [6.45, 7) is 6.37. The molecule has 0 radical (unpaired) electrons. The molecule has 2 amide bonds. The molecular weight excluding hydrogens is 458 g/mol. The van der Waals surface area contributed by atoms with Crippen LogP contribution in [0.2, 0.25) is 5.02 Å². The molecule has 0 aliphatic rings. The molecule has 3 rings (SSSR count). The number of benzene rings is 2. The van der Waals surface area contributed by atoms with Gasteiger partial charge in [0.2, 0.25) is 11.8 Å². The predicted molar refractivity (Wildman–Crippen MR) is 133 cm³/mol. The second-order valence-electron chi connectivity index (χ2n) is 7.08. The van der Waals surface area contributed by atoms with E-state index in [1.54, 1.807) is 18.2 Å². The molecule has 33 heavy (non-hydrogen) atoms. The highest BCUT2D eigenvalue weighted by Crippen LogP contribution is 2.19. The summed E-state index contributed by atoms with van der Waals surface area (Å²) in [6, 6.07) is 14.9. The molecule has 0 atom stereocenters. The first kappa shape index (κ1) is 24.3. The number of anilines is 1. The molecule has 2 aromatic carbocycles. The Balaban J connectivity index is 1.57. The lowest BCUT2D eigenvalue weighted by molar-refractivity contribution is -0.116. The van der Waals surface area contributed by atoms with Crippen LogP contribution in [-0.4, -0.2) is 32.3 Å². The first-order chi connectivity index (χ1) is 16.0. The van der Waals surface area contributed by atoms with Crippen molar-refractivity contribution in [3.63, 3.8) is 0 Å². The van der Waals surface area contributed by atoms with Gasteiger partial charge in [0.25, 0.3) is 0 Å². The van der Waals surface area contributed by atoms with Crippen LogP contribution < -0.4 is 10.6 Å². The van der Waals surface area contributed by atoms with Gasteiger partial charge in [0.05, 0.1) is 12.3 Å². The van der Waals surface area contributed by atoms with E-state index in [2.05, 4.69) is 27.4 Å². The van der Waals surface area contributed by atoms with Crippen LogP contribution in [0.1, 0.15) is 17.0 Å². The largest absolute Gasteiger partial charge is 0.345 e. The minimum absolute atomic E-state index is 0.140. The molecule has 1 aromatic heterocycles. The molecule has 0 unspecified atom stereocenters. The number of nitrogens with zero attached hydrogens (tertiary/aromatic N) is 3. The number of thioether (sulfide) groups is 1. The molecule has 9 heteroatoms. The Morgan fingerprint density at radius 1 is 1.18 bits per heavy atom. The predicted octanol–water partition coefficient (Wildman–Crippen LogP) is 4.49. The highest BCUT2D eigenvalue weighted by Gasteiger charge is 2.14. The third-order valence-corrected chi connectivity index (χ3v) is 5.79. The van der Waals surface area contributed by atoms with E-state index in [1.165, 1.54) is 17.8 Å². The van der Waals surface area contributed by atoms with E-state index in [4.69, 9.17) is 11.6 Å². The van der Waals surface area contributed by atoms with Gasteiger partial charge in [-0.3, -0.25) is 9.59 Å². The van der Waals surface area contributed by atoms with E-state index in [1.807, 2.05) is 54.0 Å². The van der Waals surface area contributed by atoms with E-state index >= 15 is 0 Å². The minimum atomic E-state index is -0.283. The Bertz CT molecular complexity index is 1180. The normalized spacial score (nSPS) is 10.8. The summed E-state index contributed by atoms with van der Waals surface area (Å²) in [4.78, 5) is 24.5. The average molecular weight is 482 g/mol. The molecule has 0 saturated heterocycles. The minimum Gasteiger partial charge on any atom is -0.345 e. The van der Waals surface area contributed by atoms with Gasteiger partial charge in [-0.05, 0) is 42.3 Å². The molecule has 0 aliphatic heterocycles. The van der Waals surface area contributed by atoms with Crippen molar-refractivity contribution in [3.05, 3.63) is 89.2 Å². The fourth-order valence-corrected chi connectivity index (χ4v) is 3.89. The Morgan fingerprint density at radius 3 is 2.76 bits per heavy atom. The standard InChI is InChI=1S/C24H24ClN5O2S/c1-3-13-30-21(15-26-22(31)12-11-18-8-4-5-10-20(18)25)28-29-24(30)33-16-23(32)27-19-9-6-7-17(2)14-19/h3-12,14H,1,13,15-16H2,2H3,(H,26,31)(H,27,32)/b12-11+. The van der Waals surface area contributed by atoms with Crippen molar-refractivity contribution in [1.29, 1.82) is 0 Å². The van der Waals surface area contributed by atoms with Crippen molar-refractivity contribution in [1.82, 2.24) is 20.1 Å². The maximum Gasteiger partial charge on any atom is 0.244 e. The number of allylic oxidation sites excluding steroid dienone is 1. The fourth-order valence-electron chi connectivity index (χ4n) is 2.92. The van der Waals surface area contributed by atoms with Crippen LogP contribution in [0.5, 0.6) is 0 Å². The summed E-state index contributed by atoms with van der Waals surface area (Å²) in [6.07, 6.45) is 4.78.